The number of imide groups is 1. The number of urea groups is 1. The minimum absolute atomic E-state index is 0.261. The van der Waals surface area contributed by atoms with Gasteiger partial charge in [0.05, 0.1) is 12.8 Å². The van der Waals surface area contributed by atoms with E-state index in [1.54, 1.807) is 23.3 Å². The molecule has 1 aliphatic heterocycles. The molecule has 0 aliphatic carbocycles. The Bertz CT molecular complexity index is 829. The molecule has 28 heavy (non-hydrogen) atoms. The van der Waals surface area contributed by atoms with Crippen LogP contribution in [-0.2, 0) is 22.7 Å². The Labute approximate surface area is 164 Å². The number of amides is 4. The summed E-state index contributed by atoms with van der Waals surface area (Å²) in [6.45, 7) is 4.03. The van der Waals surface area contributed by atoms with Crippen molar-refractivity contribution in [3.63, 3.8) is 0 Å². The van der Waals surface area contributed by atoms with Gasteiger partial charge in [0.25, 0.3) is 5.91 Å². The zero-order valence-electron chi connectivity index (χ0n) is 16.2. The van der Waals surface area contributed by atoms with Crippen LogP contribution in [0, 0.1) is 0 Å². The van der Waals surface area contributed by atoms with Crippen molar-refractivity contribution in [1.82, 2.24) is 15.1 Å². The molecule has 7 heteroatoms. The van der Waals surface area contributed by atoms with Gasteiger partial charge in [0.2, 0.25) is 5.91 Å². The average Bonchev–Trinajstić information content (AvgIpc) is 3.30. The molecule has 1 aromatic carbocycles. The van der Waals surface area contributed by atoms with E-state index >= 15 is 0 Å². The smallest absolute Gasteiger partial charge is 0.325 e. The fraction of sp³-hybridized carbons (Fsp3) is 0.381. The molecule has 1 fully saturated rings. The van der Waals surface area contributed by atoms with Crippen LogP contribution in [0.5, 0.6) is 0 Å². The van der Waals surface area contributed by atoms with Crippen LogP contribution in [-0.4, -0.2) is 39.7 Å². The second-order valence-corrected chi connectivity index (χ2v) is 6.93. The minimum atomic E-state index is -0.914. The molecular weight excluding hydrogens is 358 g/mol. The Balaban J connectivity index is 1.77. The first kappa shape index (κ1) is 19.7. The van der Waals surface area contributed by atoms with E-state index < -0.39 is 11.6 Å². The van der Waals surface area contributed by atoms with Crippen molar-refractivity contribution < 1.29 is 18.8 Å². The Morgan fingerprint density at radius 1 is 1.07 bits per heavy atom. The van der Waals surface area contributed by atoms with E-state index in [-0.39, 0.29) is 24.9 Å². The molecule has 148 valence electrons. The normalized spacial score (nSPS) is 15.6. The SMILES string of the molecule is CCC1(CC)NC(=O)N(CC(=O)N(Cc2ccccc2)Cc2ccco2)C1=O. The van der Waals surface area contributed by atoms with E-state index in [1.165, 1.54) is 0 Å². The summed E-state index contributed by atoms with van der Waals surface area (Å²) >= 11 is 0. The third kappa shape index (κ3) is 3.93. The quantitative estimate of drug-likeness (QED) is 0.711. The summed E-state index contributed by atoms with van der Waals surface area (Å²) in [5, 5.41) is 2.75. The van der Waals surface area contributed by atoms with Crippen molar-refractivity contribution in [1.29, 1.82) is 0 Å². The topological polar surface area (TPSA) is 82.9 Å². The fourth-order valence-electron chi connectivity index (χ4n) is 3.41. The molecule has 2 heterocycles. The van der Waals surface area contributed by atoms with E-state index in [0.29, 0.717) is 25.1 Å². The summed E-state index contributed by atoms with van der Waals surface area (Å²) in [7, 11) is 0. The zero-order valence-corrected chi connectivity index (χ0v) is 16.2. The van der Waals surface area contributed by atoms with Crippen molar-refractivity contribution in [2.24, 2.45) is 0 Å². The van der Waals surface area contributed by atoms with Crippen LogP contribution in [0.1, 0.15) is 38.0 Å². The predicted molar refractivity (Wildman–Crippen MR) is 103 cm³/mol. The Morgan fingerprint density at radius 2 is 1.79 bits per heavy atom. The molecule has 1 aliphatic rings. The van der Waals surface area contributed by atoms with Gasteiger partial charge < -0.3 is 14.6 Å². The van der Waals surface area contributed by atoms with E-state index in [0.717, 1.165) is 10.5 Å². The summed E-state index contributed by atoms with van der Waals surface area (Å²) in [6, 6.07) is 12.6. The third-order valence-corrected chi connectivity index (χ3v) is 5.24. The lowest BCUT2D eigenvalue weighted by molar-refractivity contribution is -0.140. The van der Waals surface area contributed by atoms with Gasteiger partial charge in [-0.2, -0.15) is 0 Å². The van der Waals surface area contributed by atoms with Gasteiger partial charge in [0.1, 0.15) is 17.8 Å². The molecule has 0 spiro atoms. The lowest BCUT2D eigenvalue weighted by Crippen LogP contribution is -2.47. The van der Waals surface area contributed by atoms with Crippen molar-refractivity contribution >= 4 is 17.8 Å². The molecule has 2 aromatic rings. The molecule has 1 aromatic heterocycles. The van der Waals surface area contributed by atoms with Crippen molar-refractivity contribution in [2.45, 2.75) is 45.3 Å². The standard InChI is InChI=1S/C21H25N3O4/c1-3-21(4-2)19(26)24(20(27)22-21)15-18(25)23(14-17-11-8-12-28-17)13-16-9-6-5-7-10-16/h5-12H,3-4,13-15H2,1-2H3,(H,22,27). The number of rotatable bonds is 8. The number of nitrogens with one attached hydrogen (secondary N) is 1. The molecule has 1 saturated heterocycles. The second kappa shape index (κ2) is 8.29. The highest BCUT2D eigenvalue weighted by molar-refractivity contribution is 6.08. The molecule has 0 unspecified atom stereocenters. The van der Waals surface area contributed by atoms with Gasteiger partial charge in [-0.15, -0.1) is 0 Å². The Morgan fingerprint density at radius 3 is 2.36 bits per heavy atom. The van der Waals surface area contributed by atoms with E-state index in [1.807, 2.05) is 44.2 Å². The number of furan rings is 1. The third-order valence-electron chi connectivity index (χ3n) is 5.24. The molecule has 0 saturated carbocycles. The average molecular weight is 383 g/mol. The Hall–Kier alpha value is -3.09. The molecule has 7 nitrogen and oxygen atoms in total. The van der Waals surface area contributed by atoms with Crippen molar-refractivity contribution in [3.05, 3.63) is 60.1 Å². The summed E-state index contributed by atoms with van der Waals surface area (Å²) in [5.74, 6) is -0.0155. The summed E-state index contributed by atoms with van der Waals surface area (Å²) in [6.07, 6.45) is 2.52. The van der Waals surface area contributed by atoms with Crippen LogP contribution in [0.2, 0.25) is 0 Å². The maximum absolute atomic E-state index is 13.0. The number of hydrogen-bond donors (Lipinski definition) is 1. The van der Waals surface area contributed by atoms with Crippen LogP contribution in [0.15, 0.2) is 53.1 Å². The van der Waals surface area contributed by atoms with Crippen LogP contribution >= 0.6 is 0 Å². The highest BCUT2D eigenvalue weighted by Gasteiger charge is 2.49. The predicted octanol–water partition coefficient (Wildman–Crippen LogP) is 2.92. The monoisotopic (exact) mass is 383 g/mol. The second-order valence-electron chi connectivity index (χ2n) is 6.93. The number of carbonyl (C=O) groups excluding carboxylic acids is 3. The number of nitrogens with zero attached hydrogens (tertiary/aromatic N) is 2. The fourth-order valence-corrected chi connectivity index (χ4v) is 3.41. The van der Waals surface area contributed by atoms with E-state index in [4.69, 9.17) is 4.42 Å². The van der Waals surface area contributed by atoms with Crippen molar-refractivity contribution in [3.8, 4) is 0 Å². The highest BCUT2D eigenvalue weighted by Crippen LogP contribution is 2.25. The van der Waals surface area contributed by atoms with Gasteiger partial charge >= 0.3 is 6.03 Å². The lowest BCUT2D eigenvalue weighted by Gasteiger charge is -2.25. The summed E-state index contributed by atoms with van der Waals surface area (Å²) in [5.41, 5.74) is 0.0406. The maximum atomic E-state index is 13.0. The van der Waals surface area contributed by atoms with Gasteiger partial charge in [-0.25, -0.2) is 4.79 Å². The molecule has 3 rings (SSSR count). The number of benzene rings is 1. The largest absolute Gasteiger partial charge is 0.467 e. The first-order valence-corrected chi connectivity index (χ1v) is 9.47. The lowest BCUT2D eigenvalue weighted by atomic mass is 9.93. The summed E-state index contributed by atoms with van der Waals surface area (Å²) in [4.78, 5) is 40.8. The minimum Gasteiger partial charge on any atom is -0.467 e. The molecule has 0 atom stereocenters. The van der Waals surface area contributed by atoms with Crippen LogP contribution < -0.4 is 5.32 Å². The van der Waals surface area contributed by atoms with Crippen LogP contribution in [0.3, 0.4) is 0 Å². The van der Waals surface area contributed by atoms with Gasteiger partial charge in [-0.05, 0) is 30.5 Å². The van der Waals surface area contributed by atoms with Crippen LogP contribution in [0.4, 0.5) is 4.79 Å². The molecule has 4 amide bonds. The van der Waals surface area contributed by atoms with Crippen LogP contribution in [0.25, 0.3) is 0 Å². The number of hydrogen-bond acceptors (Lipinski definition) is 4. The zero-order chi connectivity index (χ0) is 20.1. The first-order chi connectivity index (χ1) is 13.5. The first-order valence-electron chi connectivity index (χ1n) is 9.47. The van der Waals surface area contributed by atoms with Gasteiger partial charge in [-0.3, -0.25) is 14.5 Å². The van der Waals surface area contributed by atoms with E-state index in [9.17, 15) is 14.4 Å². The molecule has 0 radical (unpaired) electrons. The molecule has 0 bridgehead atoms. The molecule has 1 N–H and O–H groups in total. The van der Waals surface area contributed by atoms with E-state index in [2.05, 4.69) is 5.32 Å². The summed E-state index contributed by atoms with van der Waals surface area (Å²) < 4.78 is 5.38. The number of carbonyl (C=O) groups is 3. The highest BCUT2D eigenvalue weighted by atomic mass is 16.3. The van der Waals surface area contributed by atoms with Gasteiger partial charge in [0.15, 0.2) is 0 Å². The van der Waals surface area contributed by atoms with Crippen molar-refractivity contribution in [2.75, 3.05) is 6.54 Å². The van der Waals surface area contributed by atoms with Gasteiger partial charge in [0, 0.05) is 6.54 Å². The van der Waals surface area contributed by atoms with Gasteiger partial charge in [-0.1, -0.05) is 44.2 Å². The Kier molecular flexibility index (Phi) is 5.82. The molecular formula is C21H25N3O4. The maximum Gasteiger partial charge on any atom is 0.325 e.